The summed E-state index contributed by atoms with van der Waals surface area (Å²) in [5.74, 6) is 0. The van der Waals surface area contributed by atoms with Crippen LogP contribution in [0.1, 0.15) is 11.1 Å². The molecule has 7 aromatic carbocycles. The maximum atomic E-state index is 10.4. The Morgan fingerprint density at radius 3 is 1.60 bits per heavy atom. The second-order valence-corrected chi connectivity index (χ2v) is 14.8. The van der Waals surface area contributed by atoms with Crippen molar-refractivity contribution in [2.24, 2.45) is 0 Å². The van der Waals surface area contributed by atoms with E-state index in [9.17, 15) is 10.5 Å². The smallest absolute Gasteiger partial charge is 0.0992 e. The topological polar surface area (TPSA) is 52.5 Å². The maximum Gasteiger partial charge on any atom is 0.0992 e. The number of hydrogen-bond donors (Lipinski definition) is 0. The number of fused-ring (bicyclic) bond motifs is 3. The van der Waals surface area contributed by atoms with Gasteiger partial charge in [0.25, 0.3) is 0 Å². The van der Waals surface area contributed by atoms with Gasteiger partial charge in [-0.25, -0.2) is 0 Å². The quantitative estimate of drug-likeness (QED) is 0.183. The van der Waals surface area contributed by atoms with E-state index in [1.54, 1.807) is 0 Å². The summed E-state index contributed by atoms with van der Waals surface area (Å²) in [5.41, 5.74) is 6.40. The van der Waals surface area contributed by atoms with E-state index in [4.69, 9.17) is 0 Å². The Morgan fingerprint density at radius 2 is 0.979 bits per heavy atom. The number of hydrogen-bond acceptors (Lipinski definition) is 2. The number of nitrogens with zero attached hydrogens (tertiary/aromatic N) is 3. The van der Waals surface area contributed by atoms with Crippen molar-refractivity contribution >= 4 is 31.8 Å². The van der Waals surface area contributed by atoms with Crippen LogP contribution in [0.25, 0.3) is 38.6 Å². The Hall–Kier alpha value is -6.33. The first-order valence-electron chi connectivity index (χ1n) is 15.8. The molecule has 226 valence electrons. The molecule has 48 heavy (non-hydrogen) atoms. The molecule has 4 heteroatoms. The van der Waals surface area contributed by atoms with Crippen LogP contribution in [0.3, 0.4) is 0 Å². The normalized spacial score (nSPS) is 11.6. The molecule has 8 rings (SSSR count). The van der Waals surface area contributed by atoms with Crippen LogP contribution in [0.4, 0.5) is 0 Å². The van der Waals surface area contributed by atoms with Crippen LogP contribution in [0.5, 0.6) is 0 Å². The molecule has 8 aromatic rings. The van der Waals surface area contributed by atoms with Crippen LogP contribution in [0.2, 0.25) is 0 Å². The SMILES string of the molecule is N#Cc1cc(-c2cccc(-n3c4ccccc4c4cc(C#N)ccc43)c2)cc(S(c2ccccc2)(c2ccccc2)c2ccccc2)c1. The van der Waals surface area contributed by atoms with Gasteiger partial charge in [0.2, 0.25) is 0 Å². The van der Waals surface area contributed by atoms with E-state index in [1.807, 2.05) is 30.3 Å². The van der Waals surface area contributed by atoms with Crippen LogP contribution in [-0.4, -0.2) is 4.57 Å². The van der Waals surface area contributed by atoms with Gasteiger partial charge in [0.05, 0.1) is 34.3 Å². The van der Waals surface area contributed by atoms with Crippen LogP contribution in [0.15, 0.2) is 196 Å². The van der Waals surface area contributed by atoms with Crippen molar-refractivity contribution in [2.75, 3.05) is 0 Å². The minimum absolute atomic E-state index is 0.619. The van der Waals surface area contributed by atoms with Crippen LogP contribution < -0.4 is 0 Å². The second-order valence-electron chi connectivity index (χ2n) is 11.7. The summed E-state index contributed by atoms with van der Waals surface area (Å²) in [6.07, 6.45) is 0. The summed E-state index contributed by atoms with van der Waals surface area (Å²) in [6.45, 7) is 0. The molecule has 3 nitrogen and oxygen atoms in total. The third-order valence-corrected chi connectivity index (χ3v) is 12.8. The minimum atomic E-state index is -1.97. The first-order valence-corrected chi connectivity index (χ1v) is 17.4. The summed E-state index contributed by atoms with van der Waals surface area (Å²) in [5, 5.41) is 22.2. The molecule has 0 amide bonds. The zero-order valence-electron chi connectivity index (χ0n) is 26.0. The van der Waals surface area contributed by atoms with Crippen molar-refractivity contribution in [1.29, 1.82) is 10.5 Å². The van der Waals surface area contributed by atoms with Crippen molar-refractivity contribution in [1.82, 2.24) is 4.57 Å². The molecule has 0 atom stereocenters. The standard InChI is InChI=1S/C44H29N3S/c45-30-32-23-24-44-42(27-32)41-21-10-11-22-43(41)47(44)36-14-12-13-34(28-36)35-25-33(31-46)26-40(29-35)48(37-15-4-1-5-16-37,38-17-6-2-7-18-38)39-19-8-3-9-20-39/h1-29H. The van der Waals surface area contributed by atoms with Gasteiger partial charge in [0, 0.05) is 36.0 Å². The van der Waals surface area contributed by atoms with Gasteiger partial charge in [0.15, 0.2) is 0 Å². The molecule has 0 N–H and O–H groups in total. The highest BCUT2D eigenvalue weighted by Crippen LogP contribution is 2.73. The Labute approximate surface area is 281 Å². The molecular formula is C44H29N3S. The van der Waals surface area contributed by atoms with E-state index in [0.29, 0.717) is 11.1 Å². The third kappa shape index (κ3) is 4.76. The average Bonchev–Trinajstić information content (AvgIpc) is 3.50. The van der Waals surface area contributed by atoms with Crippen molar-refractivity contribution < 1.29 is 0 Å². The number of para-hydroxylation sites is 1. The first kappa shape index (κ1) is 29.1. The molecule has 1 aromatic heterocycles. The zero-order valence-corrected chi connectivity index (χ0v) is 26.8. The monoisotopic (exact) mass is 631 g/mol. The number of rotatable bonds is 6. The molecule has 0 saturated carbocycles. The molecular weight excluding hydrogens is 603 g/mol. The minimum Gasteiger partial charge on any atom is -0.309 e. The molecule has 0 aliphatic rings. The van der Waals surface area contributed by atoms with Gasteiger partial charge < -0.3 is 4.57 Å². The zero-order chi connectivity index (χ0) is 32.5. The summed E-state index contributed by atoms with van der Waals surface area (Å²) in [7, 11) is -1.97. The Balaban J connectivity index is 1.38. The van der Waals surface area contributed by atoms with Gasteiger partial charge >= 0.3 is 0 Å². The largest absolute Gasteiger partial charge is 0.309 e. The molecule has 0 saturated heterocycles. The second kappa shape index (κ2) is 12.1. The van der Waals surface area contributed by atoms with E-state index in [0.717, 1.165) is 43.5 Å². The lowest BCUT2D eigenvalue weighted by Gasteiger charge is -2.42. The van der Waals surface area contributed by atoms with E-state index >= 15 is 0 Å². The summed E-state index contributed by atoms with van der Waals surface area (Å²) in [6, 6.07) is 66.0. The molecule has 1 heterocycles. The molecule has 0 unspecified atom stereocenters. The van der Waals surface area contributed by atoms with Gasteiger partial charge in [-0.05, 0) is 102 Å². The van der Waals surface area contributed by atoms with E-state index < -0.39 is 10.0 Å². The Bertz CT molecular complexity index is 2430. The van der Waals surface area contributed by atoms with Gasteiger partial charge in [-0.3, -0.25) is 0 Å². The lowest BCUT2D eigenvalue weighted by atomic mass is 10.0. The maximum absolute atomic E-state index is 10.4. The van der Waals surface area contributed by atoms with Gasteiger partial charge in [0.1, 0.15) is 0 Å². The molecule has 0 aliphatic heterocycles. The van der Waals surface area contributed by atoms with Gasteiger partial charge in [-0.2, -0.15) is 10.5 Å². The third-order valence-electron chi connectivity index (χ3n) is 8.92. The van der Waals surface area contributed by atoms with Crippen molar-refractivity contribution in [3.05, 3.63) is 187 Å². The molecule has 0 spiro atoms. The predicted molar refractivity (Wildman–Crippen MR) is 196 cm³/mol. The van der Waals surface area contributed by atoms with Crippen molar-refractivity contribution in [2.45, 2.75) is 19.6 Å². The van der Waals surface area contributed by atoms with E-state index in [2.05, 4.69) is 162 Å². The van der Waals surface area contributed by atoms with E-state index in [1.165, 1.54) is 14.7 Å². The average molecular weight is 632 g/mol. The fourth-order valence-corrected chi connectivity index (χ4v) is 10.8. The highest BCUT2D eigenvalue weighted by atomic mass is 32.3. The molecule has 0 bridgehead atoms. The highest BCUT2D eigenvalue weighted by Gasteiger charge is 2.33. The number of nitriles is 2. The van der Waals surface area contributed by atoms with Crippen LogP contribution in [-0.2, 0) is 0 Å². The number of benzene rings is 7. The number of aromatic nitrogens is 1. The summed E-state index contributed by atoms with van der Waals surface area (Å²) < 4.78 is 2.26. The fourth-order valence-electron chi connectivity index (χ4n) is 6.84. The highest BCUT2D eigenvalue weighted by molar-refractivity contribution is 8.34. The van der Waals surface area contributed by atoms with Crippen molar-refractivity contribution in [3.8, 4) is 29.0 Å². The predicted octanol–water partition coefficient (Wildman–Crippen LogP) is 11.5. The molecule has 0 fully saturated rings. The van der Waals surface area contributed by atoms with Crippen molar-refractivity contribution in [3.63, 3.8) is 0 Å². The lowest BCUT2D eigenvalue weighted by molar-refractivity contribution is 1.18. The Morgan fingerprint density at radius 1 is 0.396 bits per heavy atom. The first-order chi connectivity index (χ1) is 23.7. The summed E-state index contributed by atoms with van der Waals surface area (Å²) >= 11 is 0. The van der Waals surface area contributed by atoms with E-state index in [-0.39, 0.29) is 0 Å². The van der Waals surface area contributed by atoms with Gasteiger partial charge in [-0.1, -0.05) is 84.9 Å². The lowest BCUT2D eigenvalue weighted by Crippen LogP contribution is -2.06. The fraction of sp³-hybridized carbons (Fsp3) is 0. The molecule has 0 aliphatic carbocycles. The summed E-state index contributed by atoms with van der Waals surface area (Å²) in [4.78, 5) is 4.73. The van der Waals surface area contributed by atoms with Gasteiger partial charge in [-0.15, -0.1) is 10.0 Å². The molecule has 0 radical (unpaired) electrons. The van der Waals surface area contributed by atoms with Crippen LogP contribution in [0, 0.1) is 22.7 Å². The Kier molecular flexibility index (Phi) is 7.35. The van der Waals surface area contributed by atoms with Crippen LogP contribution >= 0.6 is 10.0 Å².